The molecule has 0 saturated carbocycles. The van der Waals surface area contributed by atoms with Crippen molar-refractivity contribution in [2.24, 2.45) is 0 Å². The van der Waals surface area contributed by atoms with Crippen molar-refractivity contribution in [2.75, 3.05) is 6.61 Å². The summed E-state index contributed by atoms with van der Waals surface area (Å²) in [6, 6.07) is 0. The molecule has 0 saturated heterocycles. The van der Waals surface area contributed by atoms with Crippen molar-refractivity contribution in [1.29, 1.82) is 0 Å². The molecule has 0 aromatic heterocycles. The molecule has 1 nitrogen and oxygen atoms in total. The van der Waals surface area contributed by atoms with E-state index in [4.69, 9.17) is 39.9 Å². The van der Waals surface area contributed by atoms with Gasteiger partial charge in [-0.2, -0.15) is 0 Å². The van der Waals surface area contributed by atoms with Crippen LogP contribution in [-0.4, -0.2) is 15.5 Å². The number of halogens is 3. The van der Waals surface area contributed by atoms with Crippen LogP contribution in [0.5, 0.6) is 0 Å². The molecule has 4 heteroatoms. The van der Waals surface area contributed by atoms with E-state index < -0.39 is 3.79 Å². The standard InChI is InChI=1S/C4H5Cl3O/c5-4(6,7)2-1-3-8/h1-2,8H,3H2. The fourth-order valence-electron chi connectivity index (χ4n) is 0.186. The van der Waals surface area contributed by atoms with Crippen molar-refractivity contribution < 1.29 is 5.11 Å². The Hall–Kier alpha value is 0.570. The molecule has 0 rings (SSSR count). The molecule has 0 radical (unpaired) electrons. The van der Waals surface area contributed by atoms with Gasteiger partial charge in [-0.1, -0.05) is 40.9 Å². The van der Waals surface area contributed by atoms with Gasteiger partial charge in [-0.25, -0.2) is 0 Å². The number of hydrogen-bond donors (Lipinski definition) is 1. The van der Waals surface area contributed by atoms with Crippen molar-refractivity contribution in [3.63, 3.8) is 0 Å². The van der Waals surface area contributed by atoms with Crippen LogP contribution in [0.15, 0.2) is 12.2 Å². The third-order valence-corrected chi connectivity index (χ3v) is 0.790. The van der Waals surface area contributed by atoms with Gasteiger partial charge in [0.05, 0.1) is 6.61 Å². The molecule has 0 amide bonds. The molecule has 0 fully saturated rings. The average molecular weight is 175 g/mol. The van der Waals surface area contributed by atoms with Crippen LogP contribution in [0.25, 0.3) is 0 Å². The zero-order valence-electron chi connectivity index (χ0n) is 3.94. The smallest absolute Gasteiger partial charge is 0.209 e. The molecule has 8 heavy (non-hydrogen) atoms. The molecule has 0 aromatic rings. The maximum absolute atomic E-state index is 8.17. The second kappa shape index (κ2) is 3.57. The van der Waals surface area contributed by atoms with Gasteiger partial charge in [0.15, 0.2) is 0 Å². The normalized spacial score (nSPS) is 13.0. The van der Waals surface area contributed by atoms with Gasteiger partial charge < -0.3 is 5.11 Å². The summed E-state index contributed by atoms with van der Waals surface area (Å²) in [7, 11) is 0. The van der Waals surface area contributed by atoms with Crippen LogP contribution in [-0.2, 0) is 0 Å². The monoisotopic (exact) mass is 174 g/mol. The first-order valence-corrected chi connectivity index (χ1v) is 3.05. The summed E-state index contributed by atoms with van der Waals surface area (Å²) in [5, 5.41) is 8.17. The van der Waals surface area contributed by atoms with Crippen LogP contribution < -0.4 is 0 Å². The summed E-state index contributed by atoms with van der Waals surface area (Å²) in [6.07, 6.45) is 2.66. The Balaban J connectivity index is 3.52. The zero-order chi connectivity index (χ0) is 6.62. The first-order valence-electron chi connectivity index (χ1n) is 1.91. The molecule has 0 atom stereocenters. The maximum Gasteiger partial charge on any atom is 0.209 e. The Labute approximate surface area is 62.8 Å². The first kappa shape index (κ1) is 8.57. The largest absolute Gasteiger partial charge is 0.392 e. The second-order valence-corrected chi connectivity index (χ2v) is 3.50. The summed E-state index contributed by atoms with van der Waals surface area (Å²) in [5.74, 6) is 0. The SMILES string of the molecule is OCC=CC(Cl)(Cl)Cl. The van der Waals surface area contributed by atoms with Crippen LogP contribution in [0.1, 0.15) is 0 Å². The number of hydrogen-bond acceptors (Lipinski definition) is 1. The molecular weight excluding hydrogens is 170 g/mol. The van der Waals surface area contributed by atoms with Crippen molar-refractivity contribution in [2.45, 2.75) is 3.79 Å². The van der Waals surface area contributed by atoms with Crippen molar-refractivity contribution in [3.8, 4) is 0 Å². The van der Waals surface area contributed by atoms with Crippen LogP contribution in [0.3, 0.4) is 0 Å². The van der Waals surface area contributed by atoms with E-state index in [1.807, 2.05) is 0 Å². The molecule has 0 heterocycles. The third-order valence-electron chi connectivity index (χ3n) is 0.412. The van der Waals surface area contributed by atoms with E-state index in [0.29, 0.717) is 0 Å². The number of alkyl halides is 3. The molecule has 0 aliphatic carbocycles. The van der Waals surface area contributed by atoms with Gasteiger partial charge in [0.1, 0.15) is 0 Å². The van der Waals surface area contributed by atoms with E-state index >= 15 is 0 Å². The fraction of sp³-hybridized carbons (Fsp3) is 0.500. The fourth-order valence-corrected chi connectivity index (χ4v) is 0.454. The summed E-state index contributed by atoms with van der Waals surface area (Å²) in [5.41, 5.74) is 0. The number of aliphatic hydroxyl groups excluding tert-OH is 1. The van der Waals surface area contributed by atoms with Crippen LogP contribution >= 0.6 is 34.8 Å². The van der Waals surface area contributed by atoms with E-state index in [9.17, 15) is 0 Å². The Morgan fingerprint density at radius 2 is 1.88 bits per heavy atom. The molecule has 0 unspecified atom stereocenters. The number of aliphatic hydroxyl groups is 1. The Bertz CT molecular complexity index is 83.8. The third kappa shape index (κ3) is 6.57. The molecule has 0 aliphatic rings. The lowest BCUT2D eigenvalue weighted by atomic mass is 10.5. The molecular formula is C4H5Cl3O. The molecule has 48 valence electrons. The molecule has 0 aromatic carbocycles. The summed E-state index contributed by atoms with van der Waals surface area (Å²) >= 11 is 15.7. The molecule has 0 aliphatic heterocycles. The Morgan fingerprint density at radius 3 is 2.00 bits per heavy atom. The van der Waals surface area contributed by atoms with E-state index in [1.165, 1.54) is 12.2 Å². The van der Waals surface area contributed by atoms with Gasteiger partial charge in [-0.3, -0.25) is 0 Å². The lowest BCUT2D eigenvalue weighted by molar-refractivity contribution is 0.342. The van der Waals surface area contributed by atoms with Crippen molar-refractivity contribution in [1.82, 2.24) is 0 Å². The van der Waals surface area contributed by atoms with Crippen molar-refractivity contribution in [3.05, 3.63) is 12.2 Å². The van der Waals surface area contributed by atoms with E-state index in [1.54, 1.807) is 0 Å². The molecule has 0 bridgehead atoms. The molecule has 0 spiro atoms. The lowest BCUT2D eigenvalue weighted by Gasteiger charge is -2.00. The van der Waals surface area contributed by atoms with Crippen LogP contribution in [0.2, 0.25) is 0 Å². The van der Waals surface area contributed by atoms with E-state index in [0.717, 1.165) is 0 Å². The number of allylic oxidation sites excluding steroid dienone is 1. The highest BCUT2D eigenvalue weighted by molar-refractivity contribution is 6.68. The highest BCUT2D eigenvalue weighted by Gasteiger charge is 2.12. The highest BCUT2D eigenvalue weighted by Crippen LogP contribution is 2.26. The molecule has 1 N–H and O–H groups in total. The van der Waals surface area contributed by atoms with Crippen molar-refractivity contribution >= 4 is 34.8 Å². The maximum atomic E-state index is 8.17. The van der Waals surface area contributed by atoms with Gasteiger partial charge in [0.25, 0.3) is 0 Å². The summed E-state index contributed by atoms with van der Waals surface area (Å²) in [4.78, 5) is 0. The van der Waals surface area contributed by atoms with Gasteiger partial charge in [-0.05, 0) is 6.08 Å². The quantitative estimate of drug-likeness (QED) is 0.477. The zero-order valence-corrected chi connectivity index (χ0v) is 6.21. The average Bonchev–Trinajstić information content (AvgIpc) is 1.59. The van der Waals surface area contributed by atoms with Gasteiger partial charge >= 0.3 is 0 Å². The lowest BCUT2D eigenvalue weighted by Crippen LogP contribution is -1.94. The summed E-state index contributed by atoms with van der Waals surface area (Å²) in [6.45, 7) is -0.103. The minimum Gasteiger partial charge on any atom is -0.392 e. The predicted octanol–water partition coefficient (Wildman–Crippen LogP) is 1.91. The van der Waals surface area contributed by atoms with Crippen LogP contribution in [0, 0.1) is 0 Å². The van der Waals surface area contributed by atoms with Crippen LogP contribution in [0.4, 0.5) is 0 Å². The van der Waals surface area contributed by atoms with E-state index in [-0.39, 0.29) is 6.61 Å². The Morgan fingerprint density at radius 1 is 1.38 bits per heavy atom. The first-order chi connectivity index (χ1) is 3.56. The Kier molecular flexibility index (Phi) is 3.82. The van der Waals surface area contributed by atoms with Gasteiger partial charge in [0.2, 0.25) is 3.79 Å². The van der Waals surface area contributed by atoms with Gasteiger partial charge in [-0.15, -0.1) is 0 Å². The minimum atomic E-state index is -1.37. The topological polar surface area (TPSA) is 20.2 Å². The van der Waals surface area contributed by atoms with Gasteiger partial charge in [0, 0.05) is 0 Å². The highest BCUT2D eigenvalue weighted by atomic mass is 35.6. The summed E-state index contributed by atoms with van der Waals surface area (Å²) < 4.78 is -1.37. The minimum absolute atomic E-state index is 0.103. The predicted molar refractivity (Wildman–Crippen MR) is 36.5 cm³/mol. The van der Waals surface area contributed by atoms with E-state index in [2.05, 4.69) is 0 Å². The number of rotatable bonds is 1. The second-order valence-electron chi connectivity index (χ2n) is 1.13.